The Labute approximate surface area is 131 Å². The molecule has 0 amide bonds. The highest BCUT2D eigenvalue weighted by atomic mass is 79.9. The third kappa shape index (κ3) is 2.71. The number of nitrogens with zero attached hydrogens (tertiary/aromatic N) is 1. The van der Waals surface area contributed by atoms with Crippen molar-refractivity contribution in [2.45, 2.75) is 24.8 Å². The number of hydrogen-bond acceptors (Lipinski definition) is 3. The van der Waals surface area contributed by atoms with Crippen LogP contribution in [0.1, 0.15) is 16.7 Å². The van der Waals surface area contributed by atoms with Crippen LogP contribution < -0.4 is 5.73 Å². The predicted molar refractivity (Wildman–Crippen MR) is 85.3 cm³/mol. The summed E-state index contributed by atoms with van der Waals surface area (Å²) in [6, 6.07) is 13.4. The van der Waals surface area contributed by atoms with Crippen LogP contribution in [-0.2, 0) is 19.3 Å². The largest absolute Gasteiger partial charge is 0.324 e. The molecule has 0 atom stereocenters. The fraction of sp³-hybridized carbons (Fsp3) is 0.250. The molecule has 2 aromatic rings. The van der Waals surface area contributed by atoms with Crippen molar-refractivity contribution in [2.75, 3.05) is 0 Å². The topological polar surface area (TPSA) is 69.2 Å². The molecule has 0 saturated heterocycles. The normalized spacial score (nSPS) is 15.7. The van der Waals surface area contributed by atoms with Crippen LogP contribution in [0.4, 0.5) is 5.69 Å². The quantitative estimate of drug-likeness (QED) is 0.683. The lowest BCUT2D eigenvalue weighted by molar-refractivity contribution is -0.385. The van der Waals surface area contributed by atoms with Crippen LogP contribution in [0, 0.1) is 10.1 Å². The van der Waals surface area contributed by atoms with Crippen molar-refractivity contribution in [1.29, 1.82) is 0 Å². The molecule has 0 radical (unpaired) electrons. The highest BCUT2D eigenvalue weighted by Crippen LogP contribution is 2.35. The molecular formula is C16H15BrN2O2. The van der Waals surface area contributed by atoms with Crippen molar-refractivity contribution in [1.82, 2.24) is 0 Å². The van der Waals surface area contributed by atoms with E-state index in [0.717, 1.165) is 18.4 Å². The van der Waals surface area contributed by atoms with E-state index in [4.69, 9.17) is 5.73 Å². The van der Waals surface area contributed by atoms with Crippen molar-refractivity contribution in [3.05, 3.63) is 73.7 Å². The van der Waals surface area contributed by atoms with Gasteiger partial charge in [0.2, 0.25) is 0 Å². The Kier molecular flexibility index (Phi) is 3.55. The van der Waals surface area contributed by atoms with Gasteiger partial charge in [-0.3, -0.25) is 10.1 Å². The van der Waals surface area contributed by atoms with Crippen LogP contribution in [0.25, 0.3) is 0 Å². The van der Waals surface area contributed by atoms with Crippen molar-refractivity contribution in [2.24, 2.45) is 5.73 Å². The summed E-state index contributed by atoms with van der Waals surface area (Å²) in [5, 5.41) is 11.0. The van der Waals surface area contributed by atoms with Crippen molar-refractivity contribution in [3.63, 3.8) is 0 Å². The molecule has 0 spiro atoms. The summed E-state index contributed by atoms with van der Waals surface area (Å²) in [5.41, 5.74) is 9.71. The molecule has 0 unspecified atom stereocenters. The summed E-state index contributed by atoms with van der Waals surface area (Å²) < 4.78 is 0.538. The molecule has 3 rings (SSSR count). The van der Waals surface area contributed by atoms with Crippen molar-refractivity contribution in [3.8, 4) is 0 Å². The predicted octanol–water partition coefficient (Wildman–Crippen LogP) is 3.40. The van der Waals surface area contributed by atoms with Gasteiger partial charge in [-0.25, -0.2) is 0 Å². The van der Waals surface area contributed by atoms with E-state index in [1.165, 1.54) is 17.2 Å². The maximum atomic E-state index is 11.0. The summed E-state index contributed by atoms with van der Waals surface area (Å²) >= 11 is 3.35. The molecule has 108 valence electrons. The molecular weight excluding hydrogens is 332 g/mol. The Morgan fingerprint density at radius 1 is 1.14 bits per heavy atom. The van der Waals surface area contributed by atoms with Crippen molar-refractivity contribution < 1.29 is 4.92 Å². The minimum atomic E-state index is -0.375. The lowest BCUT2D eigenvalue weighted by atomic mass is 9.89. The number of fused-ring (bicyclic) bond motifs is 1. The number of rotatable bonds is 3. The van der Waals surface area contributed by atoms with E-state index in [-0.39, 0.29) is 16.1 Å². The van der Waals surface area contributed by atoms with Gasteiger partial charge in [-0.1, -0.05) is 36.4 Å². The molecule has 0 saturated carbocycles. The van der Waals surface area contributed by atoms with Crippen LogP contribution >= 0.6 is 15.9 Å². The summed E-state index contributed by atoms with van der Waals surface area (Å²) in [4.78, 5) is 10.6. The number of halogens is 1. The van der Waals surface area contributed by atoms with Crippen LogP contribution in [0.3, 0.4) is 0 Å². The molecule has 5 heteroatoms. The van der Waals surface area contributed by atoms with Gasteiger partial charge in [0.15, 0.2) is 0 Å². The number of benzene rings is 2. The van der Waals surface area contributed by atoms with Gasteiger partial charge < -0.3 is 5.73 Å². The van der Waals surface area contributed by atoms with Gasteiger partial charge in [-0.05, 0) is 51.9 Å². The molecule has 1 aliphatic carbocycles. The van der Waals surface area contributed by atoms with Gasteiger partial charge in [0, 0.05) is 11.6 Å². The second-order valence-electron chi connectivity index (χ2n) is 5.67. The van der Waals surface area contributed by atoms with Crippen molar-refractivity contribution >= 4 is 21.6 Å². The Balaban J connectivity index is 1.89. The standard InChI is InChI=1S/C16H15BrN2O2/c17-15-13(6-3-7-14(15)19(20)21)10-16(18)8-11-4-1-2-5-12(11)9-16/h1-7H,8-10,18H2. The average molecular weight is 347 g/mol. The SMILES string of the molecule is NC1(Cc2cccc([N+](=O)[O-])c2Br)Cc2ccccc2C1. The van der Waals surface area contributed by atoms with Gasteiger partial charge in [0.05, 0.1) is 9.40 Å². The second kappa shape index (κ2) is 5.24. The monoisotopic (exact) mass is 346 g/mol. The van der Waals surface area contributed by atoms with E-state index in [9.17, 15) is 10.1 Å². The molecule has 4 nitrogen and oxygen atoms in total. The molecule has 2 N–H and O–H groups in total. The molecule has 1 aliphatic rings. The molecule has 0 heterocycles. The lowest BCUT2D eigenvalue weighted by Crippen LogP contribution is -2.43. The first kappa shape index (κ1) is 14.2. The van der Waals surface area contributed by atoms with Crippen LogP contribution in [0.15, 0.2) is 46.9 Å². The molecule has 0 aromatic heterocycles. The van der Waals surface area contributed by atoms with Gasteiger partial charge in [0.25, 0.3) is 5.69 Å². The fourth-order valence-electron chi connectivity index (χ4n) is 3.07. The zero-order chi connectivity index (χ0) is 15.0. The van der Waals surface area contributed by atoms with E-state index >= 15 is 0 Å². The van der Waals surface area contributed by atoms with E-state index in [1.54, 1.807) is 6.07 Å². The first-order valence-electron chi connectivity index (χ1n) is 6.76. The van der Waals surface area contributed by atoms with Gasteiger partial charge in [0.1, 0.15) is 0 Å². The highest BCUT2D eigenvalue weighted by Gasteiger charge is 2.34. The summed E-state index contributed by atoms with van der Waals surface area (Å²) in [6.07, 6.45) is 2.22. The second-order valence-corrected chi connectivity index (χ2v) is 6.46. The molecule has 0 fully saturated rings. The highest BCUT2D eigenvalue weighted by molar-refractivity contribution is 9.10. The van der Waals surface area contributed by atoms with Gasteiger partial charge in [-0.2, -0.15) is 0 Å². The zero-order valence-electron chi connectivity index (χ0n) is 11.4. The Morgan fingerprint density at radius 2 is 1.76 bits per heavy atom. The smallest absolute Gasteiger partial charge is 0.283 e. The van der Waals surface area contributed by atoms with E-state index in [0.29, 0.717) is 10.9 Å². The maximum Gasteiger partial charge on any atom is 0.283 e. The van der Waals surface area contributed by atoms with Gasteiger partial charge in [-0.15, -0.1) is 0 Å². The number of nitrogens with two attached hydrogens (primary N) is 1. The lowest BCUT2D eigenvalue weighted by Gasteiger charge is -2.24. The van der Waals surface area contributed by atoms with Crippen LogP contribution in [0.2, 0.25) is 0 Å². The van der Waals surface area contributed by atoms with E-state index in [2.05, 4.69) is 28.1 Å². The third-order valence-electron chi connectivity index (χ3n) is 4.00. The first-order valence-corrected chi connectivity index (χ1v) is 7.55. The molecule has 0 bridgehead atoms. The number of nitro benzene ring substituents is 1. The van der Waals surface area contributed by atoms with E-state index in [1.807, 2.05) is 18.2 Å². The fourth-order valence-corrected chi connectivity index (χ4v) is 3.62. The first-order chi connectivity index (χ1) is 9.98. The molecule has 0 aliphatic heterocycles. The maximum absolute atomic E-state index is 11.0. The van der Waals surface area contributed by atoms with Gasteiger partial charge >= 0.3 is 0 Å². The zero-order valence-corrected chi connectivity index (χ0v) is 13.0. The Bertz CT molecular complexity index is 690. The third-order valence-corrected chi connectivity index (χ3v) is 4.92. The minimum Gasteiger partial charge on any atom is -0.324 e. The Hall–Kier alpha value is -1.72. The van der Waals surface area contributed by atoms with E-state index < -0.39 is 0 Å². The molecule has 21 heavy (non-hydrogen) atoms. The summed E-state index contributed by atoms with van der Waals surface area (Å²) in [7, 11) is 0. The number of nitro groups is 1. The number of hydrogen-bond donors (Lipinski definition) is 1. The minimum absolute atomic E-state index is 0.0895. The Morgan fingerprint density at radius 3 is 2.33 bits per heavy atom. The summed E-state index contributed by atoms with van der Waals surface area (Å²) in [6.45, 7) is 0. The summed E-state index contributed by atoms with van der Waals surface area (Å²) in [5.74, 6) is 0. The van der Waals surface area contributed by atoms with Crippen LogP contribution in [0.5, 0.6) is 0 Å². The average Bonchev–Trinajstić information content (AvgIpc) is 2.76. The molecule has 2 aromatic carbocycles. The van der Waals surface area contributed by atoms with Crippen LogP contribution in [-0.4, -0.2) is 10.5 Å².